The number of thiophene rings is 1. The lowest BCUT2D eigenvalue weighted by atomic mass is 10.1. The largest absolute Gasteiger partial charge is 0.395 e. The van der Waals surface area contributed by atoms with E-state index < -0.39 is 0 Å². The lowest BCUT2D eigenvalue weighted by Crippen LogP contribution is -2.38. The maximum Gasteiger partial charge on any atom is 0.0601 e. The van der Waals surface area contributed by atoms with Crippen LogP contribution in [-0.4, -0.2) is 24.8 Å². The van der Waals surface area contributed by atoms with Crippen molar-refractivity contribution in [3.05, 3.63) is 20.8 Å². The molecule has 2 atom stereocenters. The van der Waals surface area contributed by atoms with Crippen molar-refractivity contribution >= 4 is 27.3 Å². The SMILES string of the molecule is CNC(c1cc(Br)cs1)C(N)CO. The molecular formula is C8H13BrN2OS. The van der Waals surface area contributed by atoms with Gasteiger partial charge in [-0.2, -0.15) is 0 Å². The van der Waals surface area contributed by atoms with Gasteiger partial charge < -0.3 is 16.2 Å². The first kappa shape index (κ1) is 11.1. The molecule has 0 aliphatic carbocycles. The van der Waals surface area contributed by atoms with Gasteiger partial charge in [-0.1, -0.05) is 0 Å². The summed E-state index contributed by atoms with van der Waals surface area (Å²) in [5, 5.41) is 14.0. The zero-order valence-electron chi connectivity index (χ0n) is 7.33. The molecule has 1 heterocycles. The lowest BCUT2D eigenvalue weighted by Gasteiger charge is -2.20. The molecule has 1 rings (SSSR count). The quantitative estimate of drug-likeness (QED) is 0.763. The van der Waals surface area contributed by atoms with Gasteiger partial charge in [0.05, 0.1) is 12.6 Å². The number of aliphatic hydroxyl groups is 1. The summed E-state index contributed by atoms with van der Waals surface area (Å²) in [4.78, 5) is 1.14. The number of hydrogen-bond acceptors (Lipinski definition) is 4. The number of rotatable bonds is 4. The molecule has 0 aliphatic heterocycles. The molecule has 3 nitrogen and oxygen atoms in total. The molecule has 0 spiro atoms. The van der Waals surface area contributed by atoms with Gasteiger partial charge in [0.25, 0.3) is 0 Å². The van der Waals surface area contributed by atoms with E-state index in [1.54, 1.807) is 11.3 Å². The topological polar surface area (TPSA) is 58.3 Å². The molecule has 0 aromatic carbocycles. The minimum atomic E-state index is -0.254. The average Bonchev–Trinajstić information content (AvgIpc) is 2.53. The Balaban J connectivity index is 2.77. The molecule has 0 radical (unpaired) electrons. The third-order valence-electron chi connectivity index (χ3n) is 1.84. The van der Waals surface area contributed by atoms with Gasteiger partial charge in [0, 0.05) is 20.8 Å². The molecule has 1 aromatic rings. The highest BCUT2D eigenvalue weighted by Gasteiger charge is 2.18. The fraction of sp³-hybridized carbons (Fsp3) is 0.500. The van der Waals surface area contributed by atoms with E-state index >= 15 is 0 Å². The molecular weight excluding hydrogens is 252 g/mol. The number of hydrogen-bond donors (Lipinski definition) is 3. The van der Waals surface area contributed by atoms with Crippen molar-refractivity contribution in [2.24, 2.45) is 5.73 Å². The smallest absolute Gasteiger partial charge is 0.0601 e. The number of aliphatic hydroxyl groups excluding tert-OH is 1. The summed E-state index contributed by atoms with van der Waals surface area (Å²) in [6, 6.07) is 1.79. The van der Waals surface area contributed by atoms with Crippen LogP contribution < -0.4 is 11.1 Å². The average molecular weight is 265 g/mol. The first-order valence-electron chi connectivity index (χ1n) is 3.96. The van der Waals surface area contributed by atoms with Crippen molar-refractivity contribution in [1.82, 2.24) is 5.32 Å². The van der Waals surface area contributed by atoms with Crippen LogP contribution in [0.3, 0.4) is 0 Å². The van der Waals surface area contributed by atoms with Crippen LogP contribution in [0.2, 0.25) is 0 Å². The zero-order chi connectivity index (χ0) is 9.84. The van der Waals surface area contributed by atoms with E-state index in [-0.39, 0.29) is 18.7 Å². The molecule has 13 heavy (non-hydrogen) atoms. The monoisotopic (exact) mass is 264 g/mol. The van der Waals surface area contributed by atoms with Gasteiger partial charge in [0.2, 0.25) is 0 Å². The minimum Gasteiger partial charge on any atom is -0.395 e. The molecule has 5 heteroatoms. The summed E-state index contributed by atoms with van der Waals surface area (Å²) >= 11 is 5.01. The maximum absolute atomic E-state index is 8.93. The third-order valence-corrected chi connectivity index (χ3v) is 3.62. The first-order valence-corrected chi connectivity index (χ1v) is 5.64. The Morgan fingerprint density at radius 2 is 2.46 bits per heavy atom. The molecule has 0 bridgehead atoms. The fourth-order valence-electron chi connectivity index (χ4n) is 1.16. The second kappa shape index (κ2) is 5.07. The van der Waals surface area contributed by atoms with Crippen molar-refractivity contribution in [3.63, 3.8) is 0 Å². The maximum atomic E-state index is 8.93. The van der Waals surface area contributed by atoms with Gasteiger partial charge in [0.1, 0.15) is 0 Å². The zero-order valence-corrected chi connectivity index (χ0v) is 9.73. The van der Waals surface area contributed by atoms with E-state index in [9.17, 15) is 0 Å². The Morgan fingerprint density at radius 1 is 1.77 bits per heavy atom. The van der Waals surface area contributed by atoms with E-state index in [0.717, 1.165) is 9.35 Å². The predicted molar refractivity (Wildman–Crippen MR) is 58.9 cm³/mol. The molecule has 1 aromatic heterocycles. The van der Waals surface area contributed by atoms with Gasteiger partial charge >= 0.3 is 0 Å². The van der Waals surface area contributed by atoms with Crippen LogP contribution in [0.1, 0.15) is 10.9 Å². The molecule has 2 unspecified atom stereocenters. The summed E-state index contributed by atoms with van der Waals surface area (Å²) in [5.41, 5.74) is 5.75. The summed E-state index contributed by atoms with van der Waals surface area (Å²) in [6.07, 6.45) is 0. The van der Waals surface area contributed by atoms with Crippen LogP contribution in [-0.2, 0) is 0 Å². The van der Waals surface area contributed by atoms with Crippen molar-refractivity contribution in [1.29, 1.82) is 0 Å². The van der Waals surface area contributed by atoms with Crippen molar-refractivity contribution < 1.29 is 5.11 Å². The first-order chi connectivity index (χ1) is 6.19. The minimum absolute atomic E-state index is 0.0129. The van der Waals surface area contributed by atoms with E-state index in [2.05, 4.69) is 21.2 Å². The summed E-state index contributed by atoms with van der Waals surface area (Å²) < 4.78 is 1.05. The Morgan fingerprint density at radius 3 is 2.85 bits per heavy atom. The summed E-state index contributed by atoms with van der Waals surface area (Å²) in [7, 11) is 1.84. The summed E-state index contributed by atoms with van der Waals surface area (Å²) in [5.74, 6) is 0. The van der Waals surface area contributed by atoms with E-state index in [1.165, 1.54) is 0 Å². The fourth-order valence-corrected chi connectivity index (χ4v) is 2.79. The second-order valence-electron chi connectivity index (χ2n) is 2.78. The highest BCUT2D eigenvalue weighted by Crippen LogP contribution is 2.26. The Labute approximate surface area is 90.1 Å². The van der Waals surface area contributed by atoms with Crippen LogP contribution >= 0.6 is 27.3 Å². The van der Waals surface area contributed by atoms with Crippen molar-refractivity contribution in [3.8, 4) is 0 Å². The van der Waals surface area contributed by atoms with E-state index in [0.29, 0.717) is 0 Å². The molecule has 0 aliphatic rings. The van der Waals surface area contributed by atoms with Gasteiger partial charge in [0.15, 0.2) is 0 Å². The standard InChI is InChI=1S/C8H13BrN2OS/c1-11-8(6(10)3-12)7-2-5(9)4-13-7/h2,4,6,8,11-12H,3,10H2,1H3. The van der Waals surface area contributed by atoms with Gasteiger partial charge in [-0.3, -0.25) is 0 Å². The number of nitrogens with two attached hydrogens (primary N) is 1. The van der Waals surface area contributed by atoms with Crippen LogP contribution in [0.5, 0.6) is 0 Å². The van der Waals surface area contributed by atoms with Crippen LogP contribution in [0.15, 0.2) is 15.9 Å². The van der Waals surface area contributed by atoms with Gasteiger partial charge in [-0.05, 0) is 29.0 Å². The molecule has 4 N–H and O–H groups in total. The predicted octanol–water partition coefficient (Wildman–Crippen LogP) is 1.09. The number of likely N-dealkylation sites (N-methyl/N-ethyl adjacent to an activating group) is 1. The van der Waals surface area contributed by atoms with E-state index in [1.807, 2.05) is 18.5 Å². The second-order valence-corrected chi connectivity index (χ2v) is 4.64. The summed E-state index contributed by atoms with van der Waals surface area (Å²) in [6.45, 7) is -0.0129. The Kier molecular flexibility index (Phi) is 4.34. The third kappa shape index (κ3) is 2.75. The normalized spacial score (nSPS) is 15.7. The van der Waals surface area contributed by atoms with Gasteiger partial charge in [-0.15, -0.1) is 11.3 Å². The van der Waals surface area contributed by atoms with Crippen LogP contribution in [0.4, 0.5) is 0 Å². The molecule has 0 saturated carbocycles. The lowest BCUT2D eigenvalue weighted by molar-refractivity contribution is 0.241. The molecule has 0 amide bonds. The highest BCUT2D eigenvalue weighted by atomic mass is 79.9. The van der Waals surface area contributed by atoms with Crippen LogP contribution in [0.25, 0.3) is 0 Å². The van der Waals surface area contributed by atoms with Crippen LogP contribution in [0, 0.1) is 0 Å². The Bertz CT molecular complexity index is 266. The Hall–Kier alpha value is 0.0600. The number of halogens is 1. The van der Waals surface area contributed by atoms with Crippen molar-refractivity contribution in [2.45, 2.75) is 12.1 Å². The number of nitrogens with one attached hydrogen (secondary N) is 1. The highest BCUT2D eigenvalue weighted by molar-refractivity contribution is 9.10. The molecule has 0 saturated heterocycles. The van der Waals surface area contributed by atoms with E-state index in [4.69, 9.17) is 10.8 Å². The molecule has 74 valence electrons. The molecule has 0 fully saturated rings. The van der Waals surface area contributed by atoms with Gasteiger partial charge in [-0.25, -0.2) is 0 Å². The van der Waals surface area contributed by atoms with Crippen molar-refractivity contribution in [2.75, 3.05) is 13.7 Å².